The van der Waals surface area contributed by atoms with Crippen LogP contribution >= 0.6 is 12.2 Å². The van der Waals surface area contributed by atoms with Crippen molar-refractivity contribution < 1.29 is 0 Å². The van der Waals surface area contributed by atoms with Crippen LogP contribution in [0.4, 0.5) is 5.69 Å². The minimum atomic E-state index is -0.408. The molecule has 1 N–H and O–H groups in total. The molecule has 0 aliphatic carbocycles. The molecule has 2 heteroatoms. The molecule has 1 heterocycles. The molecular formula is C20H15NS. The highest BCUT2D eigenvalue weighted by Crippen LogP contribution is 2.47. The molecule has 1 aliphatic rings. The van der Waals surface area contributed by atoms with Crippen LogP contribution in [-0.2, 0) is 5.41 Å². The van der Waals surface area contributed by atoms with Crippen LogP contribution in [0.15, 0.2) is 84.9 Å². The molecule has 0 unspecified atom stereocenters. The third-order valence-corrected chi connectivity index (χ3v) is 4.74. The zero-order valence-electron chi connectivity index (χ0n) is 12.0. The van der Waals surface area contributed by atoms with Crippen molar-refractivity contribution in [3.8, 4) is 0 Å². The second-order valence-electron chi connectivity index (χ2n) is 5.48. The number of nitrogens with one attached hydrogen (secondary N) is 1. The Labute approximate surface area is 135 Å². The Kier molecular flexibility index (Phi) is 3.05. The van der Waals surface area contributed by atoms with E-state index >= 15 is 0 Å². The topological polar surface area (TPSA) is 12.0 Å². The predicted molar refractivity (Wildman–Crippen MR) is 95.4 cm³/mol. The molecule has 22 heavy (non-hydrogen) atoms. The molecule has 0 saturated heterocycles. The molecule has 0 fully saturated rings. The van der Waals surface area contributed by atoms with Crippen molar-refractivity contribution in [2.75, 3.05) is 5.32 Å². The first kappa shape index (κ1) is 13.2. The van der Waals surface area contributed by atoms with Gasteiger partial charge in [-0.15, -0.1) is 0 Å². The maximum atomic E-state index is 5.81. The van der Waals surface area contributed by atoms with Crippen molar-refractivity contribution in [3.05, 3.63) is 102 Å². The molecule has 0 saturated carbocycles. The zero-order chi connectivity index (χ0) is 15.0. The fourth-order valence-electron chi connectivity index (χ4n) is 3.37. The van der Waals surface area contributed by atoms with Gasteiger partial charge in [-0.1, -0.05) is 91.1 Å². The molecule has 0 bridgehead atoms. The first-order valence-electron chi connectivity index (χ1n) is 7.35. The van der Waals surface area contributed by atoms with Gasteiger partial charge in [0.15, 0.2) is 0 Å². The highest BCUT2D eigenvalue weighted by atomic mass is 32.1. The Morgan fingerprint density at radius 1 is 0.636 bits per heavy atom. The molecule has 0 amide bonds. The van der Waals surface area contributed by atoms with E-state index in [2.05, 4.69) is 72.0 Å². The summed E-state index contributed by atoms with van der Waals surface area (Å²) < 4.78 is 0. The van der Waals surface area contributed by atoms with Gasteiger partial charge in [-0.2, -0.15) is 0 Å². The van der Waals surface area contributed by atoms with Crippen LogP contribution in [0.2, 0.25) is 0 Å². The minimum Gasteiger partial charge on any atom is -0.348 e. The monoisotopic (exact) mass is 301 g/mol. The molecule has 4 rings (SSSR count). The van der Waals surface area contributed by atoms with Crippen LogP contribution in [0.1, 0.15) is 16.7 Å². The van der Waals surface area contributed by atoms with E-state index in [1.807, 2.05) is 18.2 Å². The summed E-state index contributed by atoms with van der Waals surface area (Å²) in [6.07, 6.45) is 0. The third kappa shape index (κ3) is 1.74. The molecule has 0 aromatic heterocycles. The Morgan fingerprint density at radius 2 is 1.14 bits per heavy atom. The van der Waals surface area contributed by atoms with Gasteiger partial charge in [0.05, 0.1) is 10.4 Å². The molecule has 0 spiro atoms. The van der Waals surface area contributed by atoms with Gasteiger partial charge in [0.25, 0.3) is 0 Å². The van der Waals surface area contributed by atoms with E-state index < -0.39 is 5.41 Å². The van der Waals surface area contributed by atoms with Gasteiger partial charge in [0.1, 0.15) is 0 Å². The fraction of sp³-hybridized carbons (Fsp3) is 0.0500. The molecule has 3 aromatic rings. The predicted octanol–water partition coefficient (Wildman–Crippen LogP) is 4.77. The standard InChI is InChI=1S/C20H15NS/c22-19-20(15-9-3-1-4-10-15,16-11-5-2-6-12-16)17-13-7-8-14-18(17)21-19/h1-14H,(H,21,22). The quantitative estimate of drug-likeness (QED) is 0.684. The smallest absolute Gasteiger partial charge is 0.0995 e. The summed E-state index contributed by atoms with van der Waals surface area (Å²) in [7, 11) is 0. The second-order valence-corrected chi connectivity index (χ2v) is 5.89. The Morgan fingerprint density at radius 3 is 1.73 bits per heavy atom. The van der Waals surface area contributed by atoms with Gasteiger partial charge >= 0.3 is 0 Å². The summed E-state index contributed by atoms with van der Waals surface area (Å²) in [6, 6.07) is 29.4. The van der Waals surface area contributed by atoms with Crippen molar-refractivity contribution in [3.63, 3.8) is 0 Å². The van der Waals surface area contributed by atoms with Crippen LogP contribution in [0.25, 0.3) is 0 Å². The molecular weight excluding hydrogens is 286 g/mol. The lowest BCUT2D eigenvalue weighted by Crippen LogP contribution is -2.35. The largest absolute Gasteiger partial charge is 0.348 e. The van der Waals surface area contributed by atoms with Crippen LogP contribution < -0.4 is 5.32 Å². The van der Waals surface area contributed by atoms with Gasteiger partial charge in [0.2, 0.25) is 0 Å². The zero-order valence-corrected chi connectivity index (χ0v) is 12.8. The maximum Gasteiger partial charge on any atom is 0.0995 e. The average molecular weight is 301 g/mol. The van der Waals surface area contributed by atoms with Gasteiger partial charge in [-0.3, -0.25) is 0 Å². The lowest BCUT2D eigenvalue weighted by molar-refractivity contribution is 0.862. The lowest BCUT2D eigenvalue weighted by atomic mass is 9.71. The van der Waals surface area contributed by atoms with Crippen molar-refractivity contribution >= 4 is 22.9 Å². The SMILES string of the molecule is S=C1Nc2ccccc2C1(c1ccccc1)c1ccccc1. The van der Waals surface area contributed by atoms with E-state index in [1.54, 1.807) is 0 Å². The van der Waals surface area contributed by atoms with E-state index in [4.69, 9.17) is 12.2 Å². The molecule has 106 valence electrons. The minimum absolute atomic E-state index is 0.408. The number of hydrogen-bond donors (Lipinski definition) is 1. The molecule has 0 atom stereocenters. The van der Waals surface area contributed by atoms with Crippen LogP contribution in [-0.4, -0.2) is 4.99 Å². The molecule has 1 nitrogen and oxygen atoms in total. The highest BCUT2D eigenvalue weighted by molar-refractivity contribution is 7.80. The summed E-state index contributed by atoms with van der Waals surface area (Å²) in [5.41, 5.74) is 4.30. The Balaban J connectivity index is 2.09. The van der Waals surface area contributed by atoms with E-state index in [0.717, 1.165) is 10.7 Å². The molecule has 3 aromatic carbocycles. The Bertz CT molecular complexity index is 785. The van der Waals surface area contributed by atoms with Gasteiger partial charge in [-0.25, -0.2) is 0 Å². The summed E-state index contributed by atoms with van der Waals surface area (Å²) in [5, 5.41) is 3.42. The van der Waals surface area contributed by atoms with E-state index in [-0.39, 0.29) is 0 Å². The first-order valence-corrected chi connectivity index (χ1v) is 7.76. The number of anilines is 1. The fourth-order valence-corrected chi connectivity index (χ4v) is 3.83. The number of fused-ring (bicyclic) bond motifs is 1. The van der Waals surface area contributed by atoms with E-state index in [1.165, 1.54) is 16.7 Å². The molecule has 0 radical (unpaired) electrons. The van der Waals surface area contributed by atoms with Crippen molar-refractivity contribution in [2.45, 2.75) is 5.41 Å². The highest BCUT2D eigenvalue weighted by Gasteiger charge is 2.46. The number of para-hydroxylation sites is 1. The van der Waals surface area contributed by atoms with E-state index in [9.17, 15) is 0 Å². The number of thiocarbonyl (C=S) groups is 1. The number of rotatable bonds is 2. The number of hydrogen-bond acceptors (Lipinski definition) is 1. The van der Waals surface area contributed by atoms with Gasteiger partial charge < -0.3 is 5.32 Å². The first-order chi connectivity index (χ1) is 10.8. The van der Waals surface area contributed by atoms with Crippen LogP contribution in [0.5, 0.6) is 0 Å². The summed E-state index contributed by atoms with van der Waals surface area (Å²) in [6.45, 7) is 0. The third-order valence-electron chi connectivity index (χ3n) is 4.33. The van der Waals surface area contributed by atoms with Gasteiger partial charge in [-0.05, 0) is 22.8 Å². The normalized spacial score (nSPS) is 15.2. The van der Waals surface area contributed by atoms with Crippen LogP contribution in [0.3, 0.4) is 0 Å². The number of benzene rings is 3. The maximum absolute atomic E-state index is 5.81. The Hall–Kier alpha value is -2.45. The average Bonchev–Trinajstić information content (AvgIpc) is 2.89. The van der Waals surface area contributed by atoms with Crippen molar-refractivity contribution in [1.29, 1.82) is 0 Å². The lowest BCUT2D eigenvalue weighted by Gasteiger charge is -2.31. The summed E-state index contributed by atoms with van der Waals surface area (Å²) in [5.74, 6) is 0. The second kappa shape index (κ2) is 5.08. The molecule has 1 aliphatic heterocycles. The summed E-state index contributed by atoms with van der Waals surface area (Å²) >= 11 is 5.81. The van der Waals surface area contributed by atoms with E-state index in [0.29, 0.717) is 0 Å². The van der Waals surface area contributed by atoms with Gasteiger partial charge in [0, 0.05) is 5.69 Å². The van der Waals surface area contributed by atoms with Crippen LogP contribution in [0, 0.1) is 0 Å². The summed E-state index contributed by atoms with van der Waals surface area (Å²) in [4.78, 5) is 0.839. The van der Waals surface area contributed by atoms with Crippen molar-refractivity contribution in [2.24, 2.45) is 0 Å². The van der Waals surface area contributed by atoms with Crippen molar-refractivity contribution in [1.82, 2.24) is 0 Å².